The van der Waals surface area contributed by atoms with Crippen molar-refractivity contribution in [2.75, 3.05) is 0 Å². The second kappa shape index (κ2) is 4.48. The summed E-state index contributed by atoms with van der Waals surface area (Å²) in [5.74, 6) is 0. The van der Waals surface area contributed by atoms with Crippen molar-refractivity contribution in [3.8, 4) is 6.07 Å². The minimum absolute atomic E-state index is 0.454. The van der Waals surface area contributed by atoms with Gasteiger partial charge in [-0.3, -0.25) is 0 Å². The number of hydrogen-bond donors (Lipinski definition) is 0. The highest BCUT2D eigenvalue weighted by Gasteiger charge is 2.39. The van der Waals surface area contributed by atoms with Crippen LogP contribution in [0.4, 0.5) is 22.0 Å². The van der Waals surface area contributed by atoms with Crippen molar-refractivity contribution in [1.82, 2.24) is 4.98 Å². The molecule has 0 radical (unpaired) electrons. The number of nitriles is 1. The third-order valence-electron chi connectivity index (χ3n) is 1.64. The van der Waals surface area contributed by atoms with E-state index in [4.69, 9.17) is 5.26 Å². The van der Waals surface area contributed by atoms with Gasteiger partial charge in [0.05, 0.1) is 5.56 Å². The van der Waals surface area contributed by atoms with Crippen LogP contribution < -0.4 is 0 Å². The smallest absolute Gasteiger partial charge is 0.231 e. The molecule has 0 spiro atoms. The summed E-state index contributed by atoms with van der Waals surface area (Å²) < 4.78 is 61.5. The zero-order chi connectivity index (χ0) is 12.5. The van der Waals surface area contributed by atoms with Gasteiger partial charge in [-0.05, 0) is 28.7 Å². The zero-order valence-electron chi connectivity index (χ0n) is 7.32. The van der Waals surface area contributed by atoms with Gasteiger partial charge < -0.3 is 0 Å². The molecule has 1 aromatic heterocycles. The molecule has 0 bridgehead atoms. The second-order valence-electron chi connectivity index (χ2n) is 2.67. The SMILES string of the molecule is N#Cc1cc(C(F)F)c(C(F)(F)F)c(I)n1. The van der Waals surface area contributed by atoms with Crippen LogP contribution >= 0.6 is 22.6 Å². The molecule has 0 aliphatic rings. The molecule has 0 unspecified atom stereocenters. The fourth-order valence-corrected chi connectivity index (χ4v) is 1.92. The summed E-state index contributed by atoms with van der Waals surface area (Å²) in [6.45, 7) is 0. The van der Waals surface area contributed by atoms with Crippen LogP contribution in [-0.2, 0) is 6.18 Å². The molecule has 0 atom stereocenters. The molecule has 16 heavy (non-hydrogen) atoms. The molecule has 0 saturated carbocycles. The normalized spacial score (nSPS) is 11.6. The van der Waals surface area contributed by atoms with Gasteiger partial charge in [0.1, 0.15) is 15.5 Å². The standard InChI is InChI=1S/C8H2F5IN2/c9-6(10)4-1-3(2-15)16-7(14)5(4)8(11,12)13/h1,6H. The Kier molecular flexibility index (Phi) is 3.67. The molecule has 1 heterocycles. The van der Waals surface area contributed by atoms with Gasteiger partial charge >= 0.3 is 6.18 Å². The Morgan fingerprint density at radius 3 is 2.31 bits per heavy atom. The average Bonchev–Trinajstić information content (AvgIpc) is 2.14. The van der Waals surface area contributed by atoms with E-state index in [1.165, 1.54) is 28.7 Å². The Labute approximate surface area is 100 Å². The molecule has 0 aliphatic heterocycles. The lowest BCUT2D eigenvalue weighted by Crippen LogP contribution is -2.14. The zero-order valence-corrected chi connectivity index (χ0v) is 9.47. The Morgan fingerprint density at radius 2 is 1.94 bits per heavy atom. The van der Waals surface area contributed by atoms with Crippen LogP contribution in [0, 0.1) is 15.0 Å². The second-order valence-corrected chi connectivity index (χ2v) is 3.69. The topological polar surface area (TPSA) is 36.7 Å². The fraction of sp³-hybridized carbons (Fsp3) is 0.250. The molecule has 1 aromatic rings. The van der Waals surface area contributed by atoms with E-state index < -0.39 is 33.1 Å². The third kappa shape index (κ3) is 2.58. The summed E-state index contributed by atoms with van der Waals surface area (Å²) in [7, 11) is 0. The molecule has 1 rings (SSSR count). The summed E-state index contributed by atoms with van der Waals surface area (Å²) in [5, 5.41) is 8.42. The van der Waals surface area contributed by atoms with Crippen LogP contribution in [0.5, 0.6) is 0 Å². The highest BCUT2D eigenvalue weighted by atomic mass is 127. The molecule has 8 heteroatoms. The molecule has 86 valence electrons. The predicted molar refractivity (Wildman–Crippen MR) is 51.6 cm³/mol. The highest BCUT2D eigenvalue weighted by molar-refractivity contribution is 14.1. The quantitative estimate of drug-likeness (QED) is 0.443. The summed E-state index contributed by atoms with van der Waals surface area (Å²) in [4.78, 5) is 3.27. The Morgan fingerprint density at radius 1 is 1.38 bits per heavy atom. The van der Waals surface area contributed by atoms with E-state index in [1.54, 1.807) is 0 Å². The van der Waals surface area contributed by atoms with Crippen LogP contribution in [0.25, 0.3) is 0 Å². The maximum atomic E-state index is 12.4. The number of rotatable bonds is 1. The van der Waals surface area contributed by atoms with Crippen molar-refractivity contribution in [3.05, 3.63) is 26.6 Å². The van der Waals surface area contributed by atoms with Crippen molar-refractivity contribution in [2.24, 2.45) is 0 Å². The summed E-state index contributed by atoms with van der Waals surface area (Å²) in [6.07, 6.45) is -8.22. The van der Waals surface area contributed by atoms with E-state index in [1.807, 2.05) is 0 Å². The maximum Gasteiger partial charge on any atom is 0.419 e. The van der Waals surface area contributed by atoms with Crippen molar-refractivity contribution >= 4 is 22.6 Å². The van der Waals surface area contributed by atoms with Gasteiger partial charge in [0.25, 0.3) is 6.43 Å². The first-order chi connectivity index (χ1) is 7.27. The van der Waals surface area contributed by atoms with Crippen LogP contribution in [0.3, 0.4) is 0 Å². The van der Waals surface area contributed by atoms with E-state index >= 15 is 0 Å². The monoisotopic (exact) mass is 348 g/mol. The van der Waals surface area contributed by atoms with Crippen molar-refractivity contribution in [3.63, 3.8) is 0 Å². The molecule has 0 aromatic carbocycles. The van der Waals surface area contributed by atoms with E-state index in [0.717, 1.165) is 0 Å². The minimum atomic E-state index is -4.91. The predicted octanol–water partition coefficient (Wildman–Crippen LogP) is 3.51. The molecule has 2 nitrogen and oxygen atoms in total. The lowest BCUT2D eigenvalue weighted by atomic mass is 10.1. The van der Waals surface area contributed by atoms with E-state index in [2.05, 4.69) is 4.98 Å². The number of halogens is 6. The average molecular weight is 348 g/mol. The van der Waals surface area contributed by atoms with Crippen LogP contribution in [0.1, 0.15) is 23.2 Å². The van der Waals surface area contributed by atoms with Crippen LogP contribution in [0.2, 0.25) is 0 Å². The molecule has 0 saturated heterocycles. The summed E-state index contributed by atoms with van der Waals surface area (Å²) in [5.41, 5.74) is -3.17. The van der Waals surface area contributed by atoms with Gasteiger partial charge in [-0.25, -0.2) is 13.8 Å². The van der Waals surface area contributed by atoms with Crippen LogP contribution in [0.15, 0.2) is 6.07 Å². The minimum Gasteiger partial charge on any atom is -0.231 e. The Balaban J connectivity index is 3.54. The first kappa shape index (κ1) is 13.1. The van der Waals surface area contributed by atoms with Gasteiger partial charge in [-0.2, -0.15) is 18.4 Å². The first-order valence-electron chi connectivity index (χ1n) is 3.73. The highest BCUT2D eigenvalue weighted by Crippen LogP contribution is 2.38. The lowest BCUT2D eigenvalue weighted by Gasteiger charge is -2.13. The largest absolute Gasteiger partial charge is 0.419 e. The fourth-order valence-electron chi connectivity index (χ4n) is 1.04. The summed E-state index contributed by atoms with van der Waals surface area (Å²) in [6, 6.07) is 1.88. The van der Waals surface area contributed by atoms with E-state index in [-0.39, 0.29) is 0 Å². The molecular formula is C8H2F5IN2. The molecule has 0 fully saturated rings. The van der Waals surface area contributed by atoms with Crippen molar-refractivity contribution < 1.29 is 22.0 Å². The maximum absolute atomic E-state index is 12.4. The van der Waals surface area contributed by atoms with Gasteiger partial charge in [0, 0.05) is 5.56 Å². The number of nitrogens with zero attached hydrogens (tertiary/aromatic N) is 2. The Hall–Kier alpha value is -0.980. The first-order valence-corrected chi connectivity index (χ1v) is 4.81. The number of aromatic nitrogens is 1. The van der Waals surface area contributed by atoms with Crippen LogP contribution in [-0.4, -0.2) is 4.98 Å². The number of pyridine rings is 1. The van der Waals surface area contributed by atoms with E-state index in [9.17, 15) is 22.0 Å². The Bertz CT molecular complexity index is 449. The van der Waals surface area contributed by atoms with Gasteiger partial charge in [0.2, 0.25) is 0 Å². The third-order valence-corrected chi connectivity index (χ3v) is 2.42. The molecule has 0 N–H and O–H groups in total. The molecule has 0 amide bonds. The van der Waals surface area contributed by atoms with Gasteiger partial charge in [-0.15, -0.1) is 0 Å². The van der Waals surface area contributed by atoms with Crippen molar-refractivity contribution in [2.45, 2.75) is 12.6 Å². The van der Waals surface area contributed by atoms with Crippen molar-refractivity contribution in [1.29, 1.82) is 5.26 Å². The van der Waals surface area contributed by atoms with E-state index in [0.29, 0.717) is 6.07 Å². The number of alkyl halides is 5. The molecule has 0 aliphatic carbocycles. The number of hydrogen-bond acceptors (Lipinski definition) is 2. The summed E-state index contributed by atoms with van der Waals surface area (Å²) >= 11 is 1.18. The van der Waals surface area contributed by atoms with Gasteiger partial charge in [0.15, 0.2) is 0 Å². The van der Waals surface area contributed by atoms with Gasteiger partial charge in [-0.1, -0.05) is 0 Å². The molecular weight excluding hydrogens is 346 g/mol. The lowest BCUT2D eigenvalue weighted by molar-refractivity contribution is -0.140.